The molecule has 1 aromatic rings. The molecule has 3 fully saturated rings. The number of carbonyl (C=O) groups is 1. The molecule has 0 aromatic heterocycles. The van der Waals surface area contributed by atoms with Crippen LogP contribution in [-0.4, -0.2) is 49.7 Å². The number of rotatable bonds is 4. The molecule has 2 aliphatic carbocycles. The summed E-state index contributed by atoms with van der Waals surface area (Å²) in [6, 6.07) is 7.53. The molecule has 1 heterocycles. The highest BCUT2D eigenvalue weighted by Gasteiger charge is 2.42. The Bertz CT molecular complexity index is 776. The van der Waals surface area contributed by atoms with Crippen LogP contribution in [0.2, 0.25) is 0 Å². The second-order valence-corrected chi connectivity index (χ2v) is 10.4. The van der Waals surface area contributed by atoms with Crippen molar-refractivity contribution in [1.82, 2.24) is 9.21 Å². The summed E-state index contributed by atoms with van der Waals surface area (Å²) in [5.74, 6) is 1.44. The summed E-state index contributed by atoms with van der Waals surface area (Å²) in [5, 5.41) is 0. The Labute approximate surface area is 162 Å². The molecule has 0 spiro atoms. The summed E-state index contributed by atoms with van der Waals surface area (Å²) in [6.07, 6.45) is 7.26. The number of benzene rings is 1. The summed E-state index contributed by atoms with van der Waals surface area (Å²) < 4.78 is 27.5. The van der Waals surface area contributed by atoms with Crippen LogP contribution >= 0.6 is 0 Å². The average molecular weight is 391 g/mol. The zero-order chi connectivity index (χ0) is 19.0. The van der Waals surface area contributed by atoms with Crippen LogP contribution in [0.1, 0.15) is 56.9 Å². The van der Waals surface area contributed by atoms with Gasteiger partial charge in [-0.1, -0.05) is 38.3 Å². The van der Waals surface area contributed by atoms with E-state index in [-0.39, 0.29) is 11.8 Å². The lowest BCUT2D eigenvalue weighted by atomic mass is 9.84. The molecule has 0 unspecified atom stereocenters. The van der Waals surface area contributed by atoms with Gasteiger partial charge in [0.15, 0.2) is 0 Å². The number of piperazine rings is 1. The summed E-state index contributed by atoms with van der Waals surface area (Å²) >= 11 is 0. The van der Waals surface area contributed by atoms with Crippen LogP contribution in [0.5, 0.6) is 0 Å². The molecule has 27 heavy (non-hydrogen) atoms. The van der Waals surface area contributed by atoms with E-state index >= 15 is 0 Å². The van der Waals surface area contributed by atoms with E-state index in [1.54, 1.807) is 12.1 Å². The fourth-order valence-electron chi connectivity index (χ4n) is 4.55. The maximum absolute atomic E-state index is 13.0. The lowest BCUT2D eigenvalue weighted by Gasteiger charge is -2.34. The van der Waals surface area contributed by atoms with E-state index in [0.29, 0.717) is 42.9 Å². The molecule has 0 bridgehead atoms. The van der Waals surface area contributed by atoms with Gasteiger partial charge in [-0.25, -0.2) is 8.42 Å². The van der Waals surface area contributed by atoms with E-state index in [9.17, 15) is 13.2 Å². The topological polar surface area (TPSA) is 57.7 Å². The molecule has 0 radical (unpaired) electrons. The van der Waals surface area contributed by atoms with Crippen molar-refractivity contribution < 1.29 is 13.2 Å². The third-order valence-electron chi connectivity index (χ3n) is 6.57. The third-order valence-corrected chi connectivity index (χ3v) is 8.48. The van der Waals surface area contributed by atoms with Crippen molar-refractivity contribution in [2.45, 2.75) is 56.3 Å². The van der Waals surface area contributed by atoms with Crippen molar-refractivity contribution in [3.63, 3.8) is 0 Å². The van der Waals surface area contributed by atoms with Gasteiger partial charge >= 0.3 is 0 Å². The maximum Gasteiger partial charge on any atom is 0.243 e. The Morgan fingerprint density at radius 2 is 1.56 bits per heavy atom. The number of sulfonamides is 1. The third kappa shape index (κ3) is 3.92. The molecule has 2 atom stereocenters. The monoisotopic (exact) mass is 390 g/mol. The van der Waals surface area contributed by atoms with Gasteiger partial charge in [-0.15, -0.1) is 0 Å². The lowest BCUT2D eigenvalue weighted by Crippen LogP contribution is -2.51. The first-order chi connectivity index (χ1) is 13.0. The fraction of sp³-hybridized carbons (Fsp3) is 0.667. The van der Waals surface area contributed by atoms with Gasteiger partial charge < -0.3 is 4.90 Å². The van der Waals surface area contributed by atoms with Crippen LogP contribution in [-0.2, 0) is 14.8 Å². The van der Waals surface area contributed by atoms with Crippen molar-refractivity contribution in [3.05, 3.63) is 29.8 Å². The Hall–Kier alpha value is -1.40. The van der Waals surface area contributed by atoms with Crippen molar-refractivity contribution >= 4 is 15.9 Å². The van der Waals surface area contributed by atoms with E-state index in [0.717, 1.165) is 6.42 Å². The van der Waals surface area contributed by atoms with E-state index in [1.807, 2.05) is 17.0 Å². The standard InChI is InChI=1S/C21H30N2O3S/c1-16-15-20(16)21(24)22-11-13-23(14-12-22)27(25,26)19-9-7-18(8-10-19)17-5-3-2-4-6-17/h7-10,16-17,20H,2-6,11-15H2,1H3/t16-,20-/m1/s1. The molecule has 3 aliphatic rings. The molecule has 6 heteroatoms. The molecule has 0 N–H and O–H groups in total. The molecule has 148 valence electrons. The van der Waals surface area contributed by atoms with Gasteiger partial charge in [0.05, 0.1) is 4.90 Å². The van der Waals surface area contributed by atoms with Crippen molar-refractivity contribution in [2.24, 2.45) is 11.8 Å². The minimum Gasteiger partial charge on any atom is -0.340 e. The molecular formula is C21H30N2O3S. The smallest absolute Gasteiger partial charge is 0.243 e. The molecule has 1 saturated heterocycles. The molecule has 1 aromatic carbocycles. The Morgan fingerprint density at radius 1 is 0.963 bits per heavy atom. The zero-order valence-electron chi connectivity index (χ0n) is 16.1. The van der Waals surface area contributed by atoms with E-state index in [4.69, 9.17) is 0 Å². The predicted molar refractivity (Wildman–Crippen MR) is 105 cm³/mol. The van der Waals surface area contributed by atoms with Crippen LogP contribution in [0.3, 0.4) is 0 Å². The molecule has 2 saturated carbocycles. The predicted octanol–water partition coefficient (Wildman–Crippen LogP) is 3.22. The first-order valence-electron chi connectivity index (χ1n) is 10.4. The molecular weight excluding hydrogens is 360 g/mol. The average Bonchev–Trinajstić information content (AvgIpc) is 3.45. The number of nitrogens with zero attached hydrogens (tertiary/aromatic N) is 2. The maximum atomic E-state index is 13.0. The van der Waals surface area contributed by atoms with Crippen LogP contribution < -0.4 is 0 Å². The highest BCUT2D eigenvalue weighted by molar-refractivity contribution is 7.89. The van der Waals surface area contributed by atoms with Gasteiger partial charge in [0.1, 0.15) is 0 Å². The molecule has 1 amide bonds. The number of hydrogen-bond donors (Lipinski definition) is 0. The fourth-order valence-corrected chi connectivity index (χ4v) is 5.97. The van der Waals surface area contributed by atoms with E-state index in [1.165, 1.54) is 42.0 Å². The highest BCUT2D eigenvalue weighted by Crippen LogP contribution is 2.39. The SMILES string of the molecule is C[C@@H]1C[C@H]1C(=O)N1CCN(S(=O)(=O)c2ccc(C3CCCCC3)cc2)CC1. The quantitative estimate of drug-likeness (QED) is 0.793. The minimum atomic E-state index is -3.48. The first-order valence-corrected chi connectivity index (χ1v) is 11.8. The highest BCUT2D eigenvalue weighted by atomic mass is 32.2. The van der Waals surface area contributed by atoms with Crippen molar-refractivity contribution in [2.75, 3.05) is 26.2 Å². The van der Waals surface area contributed by atoms with Gasteiger partial charge in [0.25, 0.3) is 0 Å². The van der Waals surface area contributed by atoms with Gasteiger partial charge in [0, 0.05) is 32.1 Å². The van der Waals surface area contributed by atoms with E-state index < -0.39 is 10.0 Å². The second kappa shape index (κ2) is 7.55. The van der Waals surface area contributed by atoms with Gasteiger partial charge in [0.2, 0.25) is 15.9 Å². The largest absolute Gasteiger partial charge is 0.340 e. The van der Waals surface area contributed by atoms with Gasteiger partial charge in [-0.2, -0.15) is 4.31 Å². The molecule has 4 rings (SSSR count). The summed E-state index contributed by atoms with van der Waals surface area (Å²) in [6.45, 7) is 3.88. The lowest BCUT2D eigenvalue weighted by molar-refractivity contribution is -0.134. The van der Waals surface area contributed by atoms with Crippen LogP contribution in [0.25, 0.3) is 0 Å². The Morgan fingerprint density at radius 3 is 2.11 bits per heavy atom. The van der Waals surface area contributed by atoms with E-state index in [2.05, 4.69) is 6.92 Å². The Kier molecular flexibility index (Phi) is 5.30. The van der Waals surface area contributed by atoms with Gasteiger partial charge in [-0.3, -0.25) is 4.79 Å². The Balaban J connectivity index is 1.39. The normalized spacial score (nSPS) is 27.5. The summed E-state index contributed by atoms with van der Waals surface area (Å²) in [7, 11) is -3.48. The van der Waals surface area contributed by atoms with Crippen LogP contribution in [0, 0.1) is 11.8 Å². The van der Waals surface area contributed by atoms with Gasteiger partial charge in [-0.05, 0) is 48.8 Å². The van der Waals surface area contributed by atoms with Crippen molar-refractivity contribution in [3.8, 4) is 0 Å². The zero-order valence-corrected chi connectivity index (χ0v) is 17.0. The van der Waals surface area contributed by atoms with Crippen molar-refractivity contribution in [1.29, 1.82) is 0 Å². The summed E-state index contributed by atoms with van der Waals surface area (Å²) in [5.41, 5.74) is 1.27. The number of amides is 1. The summed E-state index contributed by atoms with van der Waals surface area (Å²) in [4.78, 5) is 14.6. The number of carbonyl (C=O) groups excluding carboxylic acids is 1. The molecule has 5 nitrogen and oxygen atoms in total. The molecule has 1 aliphatic heterocycles. The van der Waals surface area contributed by atoms with Crippen LogP contribution in [0.15, 0.2) is 29.2 Å². The minimum absolute atomic E-state index is 0.167. The van der Waals surface area contributed by atoms with Crippen LogP contribution in [0.4, 0.5) is 0 Å². The second-order valence-electron chi connectivity index (χ2n) is 8.45. The first kappa shape index (κ1) is 18.9. The number of hydrogen-bond acceptors (Lipinski definition) is 3.